The van der Waals surface area contributed by atoms with Crippen LogP contribution < -0.4 is 16.0 Å². The summed E-state index contributed by atoms with van der Waals surface area (Å²) in [6.07, 6.45) is 1.53. The molecule has 0 saturated heterocycles. The van der Waals surface area contributed by atoms with Gasteiger partial charge in [0.1, 0.15) is 12.1 Å². The number of amides is 2. The number of carbonyl (C=O) groups excluding carboxylic acids is 1. The number of carbonyl (C=O) groups is 1. The lowest BCUT2D eigenvalue weighted by atomic mass is 10.0. The lowest BCUT2D eigenvalue weighted by Crippen LogP contribution is -2.19. The van der Waals surface area contributed by atoms with E-state index in [2.05, 4.69) is 58.8 Å². The normalized spacial score (nSPS) is 10.6. The van der Waals surface area contributed by atoms with Crippen LogP contribution in [0, 0.1) is 20.8 Å². The van der Waals surface area contributed by atoms with Crippen molar-refractivity contribution >= 4 is 39.8 Å². The summed E-state index contributed by atoms with van der Waals surface area (Å²) in [4.78, 5) is 21.1. The molecule has 3 aromatic carbocycles. The van der Waals surface area contributed by atoms with Crippen LogP contribution in [0.25, 0.3) is 10.9 Å². The van der Waals surface area contributed by atoms with E-state index in [1.54, 1.807) is 0 Å². The summed E-state index contributed by atoms with van der Waals surface area (Å²) in [6.45, 7) is 6.25. The number of nitrogens with one attached hydrogen (secondary N) is 3. The third kappa shape index (κ3) is 4.22. The SMILES string of the molecule is Cc1cc(C)c(Nc2ncnc3cc(NC(=O)Nc4ccccc4)ccc23)c(C)c1. The van der Waals surface area contributed by atoms with Crippen LogP contribution in [0.4, 0.5) is 27.7 Å². The molecule has 3 N–H and O–H groups in total. The summed E-state index contributed by atoms with van der Waals surface area (Å²) in [6, 6.07) is 18.9. The van der Waals surface area contributed by atoms with Crippen molar-refractivity contribution < 1.29 is 4.79 Å². The van der Waals surface area contributed by atoms with E-state index in [4.69, 9.17) is 0 Å². The molecule has 0 atom stereocenters. The van der Waals surface area contributed by atoms with E-state index in [1.807, 2.05) is 48.5 Å². The van der Waals surface area contributed by atoms with Crippen LogP contribution in [0.1, 0.15) is 16.7 Å². The number of fused-ring (bicyclic) bond motifs is 1. The lowest BCUT2D eigenvalue weighted by Gasteiger charge is -2.15. The molecule has 0 spiro atoms. The monoisotopic (exact) mass is 397 g/mol. The number of anilines is 4. The molecule has 0 bridgehead atoms. The first kappa shape index (κ1) is 19.4. The molecule has 0 fully saturated rings. The van der Waals surface area contributed by atoms with Crippen LogP contribution in [0.5, 0.6) is 0 Å². The predicted molar refractivity (Wildman–Crippen MR) is 123 cm³/mol. The zero-order valence-electron chi connectivity index (χ0n) is 17.2. The van der Waals surface area contributed by atoms with Crippen molar-refractivity contribution in [1.82, 2.24) is 9.97 Å². The lowest BCUT2D eigenvalue weighted by molar-refractivity contribution is 0.262. The van der Waals surface area contributed by atoms with Gasteiger partial charge in [0.15, 0.2) is 0 Å². The Morgan fingerprint density at radius 3 is 2.23 bits per heavy atom. The second-order valence-electron chi connectivity index (χ2n) is 7.30. The number of benzene rings is 3. The molecule has 0 aliphatic carbocycles. The molecule has 0 aliphatic heterocycles. The maximum Gasteiger partial charge on any atom is 0.323 e. The molecule has 4 rings (SSSR count). The van der Waals surface area contributed by atoms with Crippen molar-refractivity contribution in [1.29, 1.82) is 0 Å². The molecule has 6 nitrogen and oxygen atoms in total. The van der Waals surface area contributed by atoms with E-state index in [-0.39, 0.29) is 6.03 Å². The molecule has 30 heavy (non-hydrogen) atoms. The number of hydrogen-bond acceptors (Lipinski definition) is 4. The number of hydrogen-bond donors (Lipinski definition) is 3. The summed E-state index contributed by atoms with van der Waals surface area (Å²) in [7, 11) is 0. The summed E-state index contributed by atoms with van der Waals surface area (Å²) in [5.41, 5.74) is 6.73. The first-order chi connectivity index (χ1) is 14.5. The standard InChI is InChI=1S/C24H23N5O/c1-15-11-16(2)22(17(3)12-15)29-23-20-10-9-19(13-21(20)25-14-26-23)28-24(30)27-18-7-5-4-6-8-18/h4-14H,1-3H3,(H,25,26,29)(H2,27,28,30). The third-order valence-corrected chi connectivity index (χ3v) is 4.85. The van der Waals surface area contributed by atoms with Crippen molar-refractivity contribution in [2.75, 3.05) is 16.0 Å². The molecule has 2 amide bonds. The fourth-order valence-corrected chi connectivity index (χ4v) is 3.54. The zero-order chi connectivity index (χ0) is 21.1. The van der Waals surface area contributed by atoms with Crippen molar-refractivity contribution in [2.45, 2.75) is 20.8 Å². The first-order valence-corrected chi connectivity index (χ1v) is 9.72. The van der Waals surface area contributed by atoms with Crippen LogP contribution in [0.15, 0.2) is 67.0 Å². The quantitative estimate of drug-likeness (QED) is 0.398. The highest BCUT2D eigenvalue weighted by Crippen LogP contribution is 2.29. The van der Waals surface area contributed by atoms with E-state index in [0.29, 0.717) is 5.69 Å². The predicted octanol–water partition coefficient (Wildman–Crippen LogP) is 5.94. The van der Waals surface area contributed by atoms with E-state index in [0.717, 1.165) is 39.2 Å². The molecule has 4 aromatic rings. The van der Waals surface area contributed by atoms with Crippen molar-refractivity contribution in [3.63, 3.8) is 0 Å². The number of aryl methyl sites for hydroxylation is 3. The molecule has 1 aromatic heterocycles. The highest BCUT2D eigenvalue weighted by Gasteiger charge is 2.10. The van der Waals surface area contributed by atoms with Gasteiger partial charge in [0, 0.05) is 22.4 Å². The summed E-state index contributed by atoms with van der Waals surface area (Å²) in [5, 5.41) is 9.98. The Morgan fingerprint density at radius 2 is 1.50 bits per heavy atom. The Bertz CT molecular complexity index is 1200. The molecule has 0 aliphatic rings. The second kappa shape index (κ2) is 8.21. The van der Waals surface area contributed by atoms with Crippen LogP contribution >= 0.6 is 0 Å². The topological polar surface area (TPSA) is 78.9 Å². The summed E-state index contributed by atoms with van der Waals surface area (Å²) in [5.74, 6) is 0.732. The largest absolute Gasteiger partial charge is 0.339 e. The molecule has 6 heteroatoms. The summed E-state index contributed by atoms with van der Waals surface area (Å²) >= 11 is 0. The number of urea groups is 1. The smallest absolute Gasteiger partial charge is 0.323 e. The maximum absolute atomic E-state index is 12.3. The fraction of sp³-hybridized carbons (Fsp3) is 0.125. The number of aromatic nitrogens is 2. The van der Waals surface area contributed by atoms with E-state index >= 15 is 0 Å². The van der Waals surface area contributed by atoms with Crippen molar-refractivity contribution in [3.05, 3.63) is 83.7 Å². The maximum atomic E-state index is 12.3. The molecule has 0 radical (unpaired) electrons. The number of nitrogens with zero attached hydrogens (tertiary/aromatic N) is 2. The highest BCUT2D eigenvalue weighted by molar-refractivity contribution is 6.01. The number of rotatable bonds is 4. The Morgan fingerprint density at radius 1 is 0.800 bits per heavy atom. The van der Waals surface area contributed by atoms with Crippen LogP contribution in [0.2, 0.25) is 0 Å². The Hall–Kier alpha value is -3.93. The van der Waals surface area contributed by atoms with E-state index in [1.165, 1.54) is 11.9 Å². The van der Waals surface area contributed by atoms with Gasteiger partial charge in [-0.1, -0.05) is 35.9 Å². The average molecular weight is 397 g/mol. The molecular weight excluding hydrogens is 374 g/mol. The van der Waals surface area contributed by atoms with Gasteiger partial charge in [-0.15, -0.1) is 0 Å². The minimum Gasteiger partial charge on any atom is -0.339 e. The van der Waals surface area contributed by atoms with Gasteiger partial charge in [0.05, 0.1) is 5.52 Å². The van der Waals surface area contributed by atoms with E-state index in [9.17, 15) is 4.79 Å². The van der Waals surface area contributed by atoms with Crippen molar-refractivity contribution in [3.8, 4) is 0 Å². The minimum atomic E-state index is -0.307. The Balaban J connectivity index is 1.57. The van der Waals surface area contributed by atoms with Crippen LogP contribution in [-0.2, 0) is 0 Å². The zero-order valence-corrected chi connectivity index (χ0v) is 17.2. The van der Waals surface area contributed by atoms with Gasteiger partial charge < -0.3 is 16.0 Å². The molecule has 0 unspecified atom stereocenters. The summed E-state index contributed by atoms with van der Waals surface area (Å²) < 4.78 is 0. The van der Waals surface area contributed by atoms with Gasteiger partial charge in [0.2, 0.25) is 0 Å². The highest BCUT2D eigenvalue weighted by atomic mass is 16.2. The fourth-order valence-electron chi connectivity index (χ4n) is 3.54. The first-order valence-electron chi connectivity index (χ1n) is 9.72. The van der Waals surface area contributed by atoms with E-state index < -0.39 is 0 Å². The van der Waals surface area contributed by atoms with Gasteiger partial charge in [-0.2, -0.15) is 0 Å². The Labute approximate surface area is 175 Å². The third-order valence-electron chi connectivity index (χ3n) is 4.85. The van der Waals surface area contributed by atoms with Gasteiger partial charge >= 0.3 is 6.03 Å². The van der Waals surface area contributed by atoms with Crippen molar-refractivity contribution in [2.24, 2.45) is 0 Å². The molecule has 0 saturated carbocycles. The van der Waals surface area contributed by atoms with Gasteiger partial charge in [-0.05, 0) is 62.2 Å². The van der Waals surface area contributed by atoms with Gasteiger partial charge in [0.25, 0.3) is 0 Å². The average Bonchev–Trinajstić information content (AvgIpc) is 2.71. The number of para-hydroxylation sites is 1. The Kier molecular flexibility index (Phi) is 5.30. The second-order valence-corrected chi connectivity index (χ2v) is 7.30. The van der Waals surface area contributed by atoms with Gasteiger partial charge in [-0.25, -0.2) is 14.8 Å². The van der Waals surface area contributed by atoms with Crippen LogP contribution in [-0.4, -0.2) is 16.0 Å². The minimum absolute atomic E-state index is 0.307. The molecule has 1 heterocycles. The van der Waals surface area contributed by atoms with Crippen LogP contribution in [0.3, 0.4) is 0 Å². The molecule has 150 valence electrons. The molecular formula is C24H23N5O. The van der Waals surface area contributed by atoms with Gasteiger partial charge in [-0.3, -0.25) is 0 Å².